The molecule has 3 aromatic rings. The quantitative estimate of drug-likeness (QED) is 0.540. The Morgan fingerprint density at radius 1 is 1.15 bits per heavy atom. The summed E-state index contributed by atoms with van der Waals surface area (Å²) in [6.07, 6.45) is -4.61. The highest BCUT2D eigenvalue weighted by molar-refractivity contribution is 7.91. The zero-order valence-corrected chi connectivity index (χ0v) is 18.2. The van der Waals surface area contributed by atoms with Crippen LogP contribution in [0.25, 0.3) is 5.69 Å². The minimum absolute atomic E-state index is 0.0322. The summed E-state index contributed by atoms with van der Waals surface area (Å²) in [5.74, 6) is -1.75. The topological polar surface area (TPSA) is 118 Å². The van der Waals surface area contributed by atoms with E-state index < -0.39 is 44.4 Å². The van der Waals surface area contributed by atoms with Gasteiger partial charge in [-0.25, -0.2) is 13.1 Å². The van der Waals surface area contributed by atoms with E-state index in [-0.39, 0.29) is 27.7 Å². The maximum atomic E-state index is 13.1. The summed E-state index contributed by atoms with van der Waals surface area (Å²) in [5.41, 5.74) is -2.55. The van der Waals surface area contributed by atoms with Crippen LogP contribution in [0.1, 0.15) is 28.7 Å². The van der Waals surface area contributed by atoms with Gasteiger partial charge in [-0.2, -0.15) is 18.3 Å². The fourth-order valence-corrected chi connectivity index (χ4v) is 3.84. The zero-order chi connectivity index (χ0) is 24.6. The Morgan fingerprint density at radius 3 is 2.48 bits per heavy atom. The van der Waals surface area contributed by atoms with E-state index in [0.717, 1.165) is 47.1 Å². The molecule has 174 valence electrons. The van der Waals surface area contributed by atoms with Gasteiger partial charge >= 0.3 is 6.18 Å². The monoisotopic (exact) mass is 481 g/mol. The fourth-order valence-electron chi connectivity index (χ4n) is 2.94. The highest BCUT2D eigenvalue weighted by atomic mass is 32.2. The Morgan fingerprint density at radius 2 is 1.85 bits per heavy atom. The molecular weight excluding hydrogens is 463 g/mol. The van der Waals surface area contributed by atoms with Crippen LogP contribution in [0.3, 0.4) is 0 Å². The molecule has 2 N–H and O–H groups in total. The molecule has 0 aliphatic rings. The lowest BCUT2D eigenvalue weighted by Gasteiger charge is -2.14. The normalized spacial score (nSPS) is 11.9. The van der Waals surface area contributed by atoms with Gasteiger partial charge in [-0.15, -0.1) is 0 Å². The van der Waals surface area contributed by atoms with Gasteiger partial charge in [0.15, 0.2) is 15.5 Å². The van der Waals surface area contributed by atoms with E-state index in [4.69, 9.17) is 0 Å². The average molecular weight is 481 g/mol. The first-order valence-electron chi connectivity index (χ1n) is 9.49. The van der Waals surface area contributed by atoms with Crippen molar-refractivity contribution in [2.45, 2.75) is 24.9 Å². The second-order valence-corrected chi connectivity index (χ2v) is 9.27. The first-order chi connectivity index (χ1) is 15.3. The molecule has 0 saturated heterocycles. The van der Waals surface area contributed by atoms with E-state index in [1.165, 1.54) is 19.9 Å². The summed E-state index contributed by atoms with van der Waals surface area (Å²) in [6, 6.07) is 8.47. The summed E-state index contributed by atoms with van der Waals surface area (Å²) >= 11 is 0. The van der Waals surface area contributed by atoms with Crippen LogP contribution in [0.4, 0.5) is 18.9 Å². The Labute approximate surface area is 186 Å². The minimum atomic E-state index is -4.61. The number of aromatic nitrogens is 2. The number of carbonyl (C=O) groups excluding carboxylic acids is 1. The first-order valence-corrected chi connectivity index (χ1v) is 11.1. The van der Waals surface area contributed by atoms with Crippen LogP contribution in [-0.4, -0.2) is 35.0 Å². The average Bonchev–Trinajstić information content (AvgIpc) is 2.74. The molecule has 0 spiro atoms. The number of anilines is 1. The number of amides is 1. The zero-order valence-electron chi connectivity index (χ0n) is 17.3. The Kier molecular flexibility index (Phi) is 6.32. The number of aromatic hydroxyl groups is 1. The molecule has 2 aromatic carbocycles. The number of alkyl halides is 3. The molecule has 0 aliphatic heterocycles. The van der Waals surface area contributed by atoms with E-state index in [0.29, 0.717) is 0 Å². The largest absolute Gasteiger partial charge is 0.506 e. The number of nitrogens with zero attached hydrogens (tertiary/aromatic N) is 2. The fraction of sp³-hybridized carbons (Fsp3) is 0.190. The predicted molar refractivity (Wildman–Crippen MR) is 113 cm³/mol. The number of sulfone groups is 1. The number of phenolic OH excluding ortho intramolecular Hbond substituents is 1. The second-order valence-electron chi connectivity index (χ2n) is 6.99. The molecule has 0 unspecified atom stereocenters. The van der Waals surface area contributed by atoms with Crippen molar-refractivity contribution in [1.29, 1.82) is 0 Å². The number of phenols is 1. The van der Waals surface area contributed by atoms with Gasteiger partial charge in [-0.1, -0.05) is 13.0 Å². The molecule has 0 bridgehead atoms. The van der Waals surface area contributed by atoms with Crippen LogP contribution >= 0.6 is 0 Å². The third-order valence-electron chi connectivity index (χ3n) is 4.70. The van der Waals surface area contributed by atoms with Crippen LogP contribution in [0.2, 0.25) is 0 Å². The first kappa shape index (κ1) is 24.0. The summed E-state index contributed by atoms with van der Waals surface area (Å²) in [7, 11) is -3.65. The molecule has 1 amide bonds. The molecule has 1 aromatic heterocycles. The van der Waals surface area contributed by atoms with Gasteiger partial charge in [-0.05, 0) is 43.3 Å². The lowest BCUT2D eigenvalue weighted by Crippen LogP contribution is -2.27. The number of hydrogen-bond donors (Lipinski definition) is 2. The van der Waals surface area contributed by atoms with Crippen molar-refractivity contribution in [3.8, 4) is 11.4 Å². The molecule has 12 heteroatoms. The van der Waals surface area contributed by atoms with Gasteiger partial charge in [0.05, 0.1) is 27.6 Å². The molecule has 0 aliphatic carbocycles. The molecule has 0 fully saturated rings. The third kappa shape index (κ3) is 5.06. The lowest BCUT2D eigenvalue weighted by atomic mass is 10.2. The highest BCUT2D eigenvalue weighted by Crippen LogP contribution is 2.30. The Hall–Kier alpha value is -3.67. The van der Waals surface area contributed by atoms with E-state index in [2.05, 4.69) is 10.4 Å². The van der Waals surface area contributed by atoms with Crippen LogP contribution in [0.15, 0.2) is 58.2 Å². The SMILES string of the molecule is CCS(=O)(=O)c1ccc(O)c(NC(=O)c2nn(-c3cccc(C(F)(F)F)c3)c(C)cc2=O)c1. The number of halogens is 3. The Balaban J connectivity index is 2.03. The van der Waals surface area contributed by atoms with Gasteiger partial charge in [-0.3, -0.25) is 9.59 Å². The van der Waals surface area contributed by atoms with Crippen LogP contribution in [0.5, 0.6) is 5.75 Å². The van der Waals surface area contributed by atoms with Crippen molar-refractivity contribution in [3.63, 3.8) is 0 Å². The van der Waals surface area contributed by atoms with Crippen molar-refractivity contribution in [1.82, 2.24) is 9.78 Å². The number of benzene rings is 2. The molecule has 0 saturated carbocycles. The van der Waals surface area contributed by atoms with Gasteiger partial charge in [0.25, 0.3) is 5.91 Å². The molecular formula is C21H18F3N3O5S. The van der Waals surface area contributed by atoms with Crippen molar-refractivity contribution in [3.05, 3.63) is 75.7 Å². The van der Waals surface area contributed by atoms with Gasteiger partial charge in [0.1, 0.15) is 5.75 Å². The van der Waals surface area contributed by atoms with Crippen LogP contribution in [-0.2, 0) is 16.0 Å². The standard InChI is InChI=1S/C21H18F3N3O5S/c1-3-33(31,32)15-7-8-17(28)16(11-15)25-20(30)19-18(29)9-12(2)27(26-19)14-6-4-5-13(10-14)21(22,23)24/h4-11,28H,3H2,1-2H3,(H,25,30). The Bertz CT molecular complexity index is 1400. The van der Waals surface area contributed by atoms with Crippen LogP contribution in [0, 0.1) is 6.92 Å². The molecule has 8 nitrogen and oxygen atoms in total. The smallest absolute Gasteiger partial charge is 0.416 e. The van der Waals surface area contributed by atoms with E-state index in [9.17, 15) is 36.3 Å². The number of carbonyl (C=O) groups is 1. The number of aryl methyl sites for hydroxylation is 1. The molecule has 1 heterocycles. The maximum absolute atomic E-state index is 13.1. The minimum Gasteiger partial charge on any atom is -0.506 e. The second kappa shape index (κ2) is 8.70. The lowest BCUT2D eigenvalue weighted by molar-refractivity contribution is -0.137. The van der Waals surface area contributed by atoms with Gasteiger partial charge < -0.3 is 10.4 Å². The molecule has 3 rings (SSSR count). The summed E-state index contributed by atoms with van der Waals surface area (Å²) in [5, 5.41) is 16.1. The predicted octanol–water partition coefficient (Wildman–Crippen LogP) is 3.31. The number of rotatable bonds is 5. The molecule has 0 radical (unpaired) electrons. The molecule has 0 atom stereocenters. The van der Waals surface area contributed by atoms with Gasteiger partial charge in [0, 0.05) is 11.8 Å². The van der Waals surface area contributed by atoms with Crippen molar-refractivity contribution < 1.29 is 31.5 Å². The molecule has 33 heavy (non-hydrogen) atoms. The van der Waals surface area contributed by atoms with Gasteiger partial charge in [0.2, 0.25) is 5.43 Å². The van der Waals surface area contributed by atoms with E-state index in [1.807, 2.05) is 0 Å². The third-order valence-corrected chi connectivity index (χ3v) is 6.43. The van der Waals surface area contributed by atoms with Crippen LogP contribution < -0.4 is 10.7 Å². The van der Waals surface area contributed by atoms with Crippen molar-refractivity contribution >= 4 is 21.4 Å². The van der Waals surface area contributed by atoms with Crippen molar-refractivity contribution in [2.24, 2.45) is 0 Å². The highest BCUT2D eigenvalue weighted by Gasteiger charge is 2.30. The summed E-state index contributed by atoms with van der Waals surface area (Å²) in [4.78, 5) is 24.9. The maximum Gasteiger partial charge on any atom is 0.416 e. The summed E-state index contributed by atoms with van der Waals surface area (Å²) < 4.78 is 64.3. The summed E-state index contributed by atoms with van der Waals surface area (Å²) in [6.45, 7) is 2.86. The van der Waals surface area contributed by atoms with E-state index in [1.54, 1.807) is 0 Å². The number of hydrogen-bond acceptors (Lipinski definition) is 6. The van der Waals surface area contributed by atoms with Crippen molar-refractivity contribution in [2.75, 3.05) is 11.1 Å². The number of nitrogens with one attached hydrogen (secondary N) is 1. The van der Waals surface area contributed by atoms with E-state index >= 15 is 0 Å².